The zero-order chi connectivity index (χ0) is 14.4. The predicted octanol–water partition coefficient (Wildman–Crippen LogP) is 5.92. The Morgan fingerprint density at radius 1 is 1.15 bits per heavy atom. The van der Waals surface area contributed by atoms with Crippen molar-refractivity contribution in [2.45, 2.75) is 51.5 Å². The summed E-state index contributed by atoms with van der Waals surface area (Å²) in [5, 5.41) is 5.12. The van der Waals surface area contributed by atoms with Gasteiger partial charge in [-0.3, -0.25) is 0 Å². The zero-order valence-corrected chi connectivity index (χ0v) is 13.6. The molecule has 1 atom stereocenters. The summed E-state index contributed by atoms with van der Waals surface area (Å²) in [7, 11) is 0. The molecule has 0 aromatic heterocycles. The van der Waals surface area contributed by atoms with Crippen molar-refractivity contribution in [1.82, 2.24) is 5.32 Å². The first-order valence-electron chi connectivity index (χ1n) is 7.59. The third-order valence-corrected chi connectivity index (χ3v) is 4.45. The van der Waals surface area contributed by atoms with Crippen molar-refractivity contribution in [3.05, 3.63) is 45.5 Å². The third-order valence-electron chi connectivity index (χ3n) is 3.87. The molecule has 0 aliphatic heterocycles. The van der Waals surface area contributed by atoms with E-state index in [4.69, 9.17) is 23.2 Å². The van der Waals surface area contributed by atoms with Crippen molar-refractivity contribution < 1.29 is 0 Å². The SMILES string of the molecule is CCNC(/C1=C/CCCCCC1)c1cc(Cl)ccc1Cl. The van der Waals surface area contributed by atoms with Gasteiger partial charge in [0, 0.05) is 10.0 Å². The fraction of sp³-hybridized carbons (Fsp3) is 0.529. The molecule has 1 aromatic rings. The first-order chi connectivity index (χ1) is 9.72. The number of allylic oxidation sites excluding steroid dienone is 1. The van der Waals surface area contributed by atoms with Gasteiger partial charge in [-0.05, 0) is 56.0 Å². The number of likely N-dealkylation sites (N-methyl/N-ethyl adjacent to an activating group) is 1. The highest BCUT2D eigenvalue weighted by molar-refractivity contribution is 6.33. The highest BCUT2D eigenvalue weighted by atomic mass is 35.5. The van der Waals surface area contributed by atoms with Gasteiger partial charge in [-0.1, -0.05) is 54.6 Å². The van der Waals surface area contributed by atoms with Crippen LogP contribution in [0.15, 0.2) is 29.8 Å². The van der Waals surface area contributed by atoms with Crippen molar-refractivity contribution in [3.8, 4) is 0 Å². The van der Waals surface area contributed by atoms with E-state index in [-0.39, 0.29) is 6.04 Å². The van der Waals surface area contributed by atoms with E-state index in [1.54, 1.807) is 0 Å². The number of benzene rings is 1. The summed E-state index contributed by atoms with van der Waals surface area (Å²) in [6, 6.07) is 5.94. The molecule has 0 heterocycles. The fourth-order valence-corrected chi connectivity index (χ4v) is 3.27. The molecule has 3 heteroatoms. The first-order valence-corrected chi connectivity index (χ1v) is 8.35. The fourth-order valence-electron chi connectivity index (χ4n) is 2.86. The van der Waals surface area contributed by atoms with Crippen molar-refractivity contribution in [2.75, 3.05) is 6.54 Å². The van der Waals surface area contributed by atoms with Crippen LogP contribution in [0.5, 0.6) is 0 Å². The second-order valence-corrected chi connectivity index (χ2v) is 6.23. The number of nitrogens with one attached hydrogen (secondary N) is 1. The first kappa shape index (κ1) is 15.9. The third kappa shape index (κ3) is 4.25. The number of rotatable bonds is 4. The molecule has 0 saturated heterocycles. The molecule has 1 unspecified atom stereocenters. The maximum Gasteiger partial charge on any atom is 0.0551 e. The van der Waals surface area contributed by atoms with Crippen LogP contribution in [-0.4, -0.2) is 6.54 Å². The summed E-state index contributed by atoms with van der Waals surface area (Å²) >= 11 is 12.5. The molecule has 2 rings (SSSR count). The molecule has 1 aromatic carbocycles. The number of hydrogen-bond acceptors (Lipinski definition) is 1. The molecule has 1 aliphatic rings. The lowest BCUT2D eigenvalue weighted by molar-refractivity contribution is 0.554. The van der Waals surface area contributed by atoms with Crippen molar-refractivity contribution in [2.24, 2.45) is 0 Å². The Hall–Kier alpha value is -0.500. The lowest BCUT2D eigenvalue weighted by Crippen LogP contribution is -2.23. The smallest absolute Gasteiger partial charge is 0.0551 e. The average Bonchev–Trinajstić information content (AvgIpc) is 2.40. The minimum absolute atomic E-state index is 0.198. The second-order valence-electron chi connectivity index (χ2n) is 5.39. The van der Waals surface area contributed by atoms with Crippen LogP contribution in [0.2, 0.25) is 10.0 Å². The Kier molecular flexibility index (Phi) is 6.41. The van der Waals surface area contributed by atoms with Gasteiger partial charge in [0.2, 0.25) is 0 Å². The lowest BCUT2D eigenvalue weighted by atomic mass is 9.91. The minimum atomic E-state index is 0.198. The standard InChI is InChI=1S/C17H23Cl2N/c1-2-20-17(13-8-6-4-3-5-7-9-13)15-12-14(18)10-11-16(15)19/h8,10-12,17,20H,2-7,9H2,1H3/b13-8+. The molecule has 0 amide bonds. The van der Waals surface area contributed by atoms with Gasteiger partial charge in [-0.15, -0.1) is 0 Å². The normalized spacial score (nSPS) is 20.6. The van der Waals surface area contributed by atoms with E-state index in [2.05, 4.69) is 18.3 Å². The van der Waals surface area contributed by atoms with E-state index in [1.165, 1.54) is 37.7 Å². The quantitative estimate of drug-likeness (QED) is 0.680. The zero-order valence-electron chi connectivity index (χ0n) is 12.1. The molecule has 1 nitrogen and oxygen atoms in total. The summed E-state index contributed by atoms with van der Waals surface area (Å²) in [6.45, 7) is 3.06. The van der Waals surface area contributed by atoms with Crippen molar-refractivity contribution in [1.29, 1.82) is 0 Å². The van der Waals surface area contributed by atoms with Gasteiger partial charge in [0.1, 0.15) is 0 Å². The van der Waals surface area contributed by atoms with E-state index in [0.717, 1.165) is 28.6 Å². The van der Waals surface area contributed by atoms with Crippen LogP contribution in [0, 0.1) is 0 Å². The topological polar surface area (TPSA) is 12.0 Å². The Labute approximate surface area is 132 Å². The molecule has 0 spiro atoms. The van der Waals surface area contributed by atoms with Gasteiger partial charge in [0.25, 0.3) is 0 Å². The number of halogens is 2. The van der Waals surface area contributed by atoms with E-state index in [1.807, 2.05) is 18.2 Å². The predicted molar refractivity (Wildman–Crippen MR) is 88.7 cm³/mol. The van der Waals surface area contributed by atoms with Crippen LogP contribution in [0.4, 0.5) is 0 Å². The Balaban J connectivity index is 2.31. The van der Waals surface area contributed by atoms with Crippen LogP contribution in [0.3, 0.4) is 0 Å². The summed E-state index contributed by atoms with van der Waals surface area (Å²) < 4.78 is 0. The van der Waals surface area contributed by atoms with Crippen LogP contribution in [0.1, 0.15) is 57.1 Å². The highest BCUT2D eigenvalue weighted by Gasteiger charge is 2.19. The maximum atomic E-state index is 6.39. The molecule has 1 N–H and O–H groups in total. The van der Waals surface area contributed by atoms with Gasteiger partial charge < -0.3 is 5.32 Å². The molecule has 110 valence electrons. The molecule has 0 bridgehead atoms. The molecular weight excluding hydrogens is 289 g/mol. The highest BCUT2D eigenvalue weighted by Crippen LogP contribution is 2.34. The largest absolute Gasteiger partial charge is 0.307 e. The average molecular weight is 312 g/mol. The summed E-state index contributed by atoms with van der Waals surface area (Å²) in [4.78, 5) is 0. The Morgan fingerprint density at radius 3 is 2.75 bits per heavy atom. The van der Waals surface area contributed by atoms with Crippen LogP contribution in [0.25, 0.3) is 0 Å². The van der Waals surface area contributed by atoms with Gasteiger partial charge in [0.05, 0.1) is 6.04 Å². The molecule has 0 fully saturated rings. The van der Waals surface area contributed by atoms with Gasteiger partial charge >= 0.3 is 0 Å². The Bertz CT molecular complexity index is 468. The van der Waals surface area contributed by atoms with E-state index < -0.39 is 0 Å². The van der Waals surface area contributed by atoms with Crippen LogP contribution >= 0.6 is 23.2 Å². The van der Waals surface area contributed by atoms with E-state index in [9.17, 15) is 0 Å². The lowest BCUT2D eigenvalue weighted by Gasteiger charge is -2.24. The molecule has 1 aliphatic carbocycles. The van der Waals surface area contributed by atoms with Crippen molar-refractivity contribution >= 4 is 23.2 Å². The second kappa shape index (κ2) is 8.07. The summed E-state index contributed by atoms with van der Waals surface area (Å²) in [5.74, 6) is 0. The Morgan fingerprint density at radius 2 is 1.95 bits per heavy atom. The van der Waals surface area contributed by atoms with Crippen LogP contribution < -0.4 is 5.32 Å². The van der Waals surface area contributed by atoms with E-state index >= 15 is 0 Å². The molecule has 0 saturated carbocycles. The maximum absolute atomic E-state index is 6.39. The van der Waals surface area contributed by atoms with E-state index in [0.29, 0.717) is 0 Å². The molecule has 0 radical (unpaired) electrons. The summed E-state index contributed by atoms with van der Waals surface area (Å²) in [6.07, 6.45) is 9.99. The summed E-state index contributed by atoms with van der Waals surface area (Å²) in [5.41, 5.74) is 2.57. The van der Waals surface area contributed by atoms with Crippen molar-refractivity contribution in [3.63, 3.8) is 0 Å². The van der Waals surface area contributed by atoms with Crippen LogP contribution in [-0.2, 0) is 0 Å². The van der Waals surface area contributed by atoms with Gasteiger partial charge in [-0.25, -0.2) is 0 Å². The van der Waals surface area contributed by atoms with Gasteiger partial charge in [0.15, 0.2) is 0 Å². The number of hydrogen-bond donors (Lipinski definition) is 1. The molecule has 20 heavy (non-hydrogen) atoms. The van der Waals surface area contributed by atoms with Gasteiger partial charge in [-0.2, -0.15) is 0 Å². The monoisotopic (exact) mass is 311 g/mol. The minimum Gasteiger partial charge on any atom is -0.307 e. The molecular formula is C17H23Cl2N.